The Balaban J connectivity index is 1.37. The van der Waals surface area contributed by atoms with Gasteiger partial charge in [0.05, 0.1) is 0 Å². The van der Waals surface area contributed by atoms with E-state index in [1.165, 1.54) is 32.6 Å². The van der Waals surface area contributed by atoms with Crippen LogP contribution in [0.2, 0.25) is 0 Å². The van der Waals surface area contributed by atoms with E-state index in [0.717, 1.165) is 25.2 Å². The largest absolute Gasteiger partial charge is 0.462 e. The maximum Gasteiger partial charge on any atom is 0.302 e. The molecule has 10 atom stereocenters. The minimum absolute atomic E-state index is 0.0288. The van der Waals surface area contributed by atoms with E-state index < -0.39 is 0 Å². The average molecular weight is 455 g/mol. The molecule has 5 rings (SSSR count). The third-order valence-electron chi connectivity index (χ3n) is 11.3. The molecule has 0 amide bonds. The lowest BCUT2D eigenvalue weighted by molar-refractivity contribution is -0.152. The van der Waals surface area contributed by atoms with Gasteiger partial charge < -0.3 is 9.47 Å². The number of hydrogen-bond acceptors (Lipinski definition) is 3. The van der Waals surface area contributed by atoms with Gasteiger partial charge in [0.1, 0.15) is 17.8 Å². The quantitative estimate of drug-likeness (QED) is 0.252. The first-order chi connectivity index (χ1) is 15.5. The molecule has 3 nitrogen and oxygen atoms in total. The minimum Gasteiger partial charge on any atom is -0.462 e. The highest BCUT2D eigenvalue weighted by molar-refractivity contribution is 5.66. The Bertz CT molecular complexity index is 857. The number of hydrogen-bond donors (Lipinski definition) is 0. The van der Waals surface area contributed by atoms with Gasteiger partial charge in [-0.3, -0.25) is 4.79 Å². The van der Waals surface area contributed by atoms with Gasteiger partial charge in [-0.2, -0.15) is 0 Å². The number of epoxide rings is 1. The second kappa shape index (κ2) is 7.97. The van der Waals surface area contributed by atoms with Gasteiger partial charge in [0.2, 0.25) is 0 Å². The lowest BCUT2D eigenvalue weighted by atomic mass is 9.47. The molecule has 3 saturated carbocycles. The standard InChI is InChI=1S/C30H46O3/c1-18(2)19(3)8-9-20(4)24-10-11-25-23-16-27-30(33-27)17-22(32-21(5)31)12-15-29(30,7)26(23)13-14-28(24,25)6/h8-9,16,18-20,22,24-27H,10-15,17H2,1-7H3/b9-8+/t19-,20+,22+,24+,25+,26+,27+,28-,29-,30+/m0/s1. The fourth-order valence-corrected chi connectivity index (χ4v) is 8.84. The van der Waals surface area contributed by atoms with Gasteiger partial charge in [-0.05, 0) is 79.4 Å². The molecule has 0 unspecified atom stereocenters. The van der Waals surface area contributed by atoms with Crippen LogP contribution in [0.3, 0.4) is 0 Å². The second-order valence-corrected chi connectivity index (χ2v) is 13.2. The molecule has 5 aliphatic rings. The molecule has 1 spiro atoms. The van der Waals surface area contributed by atoms with Crippen molar-refractivity contribution in [3.8, 4) is 0 Å². The Kier molecular flexibility index (Phi) is 5.71. The van der Waals surface area contributed by atoms with E-state index in [0.29, 0.717) is 35.0 Å². The SMILES string of the molecule is CC(=O)O[C@@H]1CC[C@@]2(C)[C@@H]3CC[C@]4(C)[C@H](CC[C@@H]4[C@H](C)/C=C/[C@H](C)C(C)C)C3=C[C@H]3O[C@]32C1. The van der Waals surface area contributed by atoms with Crippen LogP contribution in [0.5, 0.6) is 0 Å². The van der Waals surface area contributed by atoms with E-state index in [9.17, 15) is 4.79 Å². The summed E-state index contributed by atoms with van der Waals surface area (Å²) in [5.41, 5.74) is 2.25. The van der Waals surface area contributed by atoms with Crippen LogP contribution in [-0.4, -0.2) is 23.8 Å². The molecule has 0 aromatic carbocycles. The Hall–Kier alpha value is -1.09. The number of esters is 1. The zero-order valence-corrected chi connectivity index (χ0v) is 22.0. The van der Waals surface area contributed by atoms with Crippen molar-refractivity contribution in [3.63, 3.8) is 0 Å². The number of fused-ring (bicyclic) bond motifs is 4. The van der Waals surface area contributed by atoms with Crippen molar-refractivity contribution >= 4 is 5.97 Å². The first kappa shape index (κ1) is 23.6. The van der Waals surface area contributed by atoms with Gasteiger partial charge in [0.25, 0.3) is 0 Å². The molecule has 0 bridgehead atoms. The molecule has 0 radical (unpaired) electrons. The number of allylic oxidation sites excluding steroid dienone is 3. The third-order valence-corrected chi connectivity index (χ3v) is 11.3. The van der Waals surface area contributed by atoms with Crippen LogP contribution < -0.4 is 0 Å². The van der Waals surface area contributed by atoms with Crippen LogP contribution in [-0.2, 0) is 14.3 Å². The first-order valence-electron chi connectivity index (χ1n) is 13.8. The van der Waals surface area contributed by atoms with Crippen molar-refractivity contribution in [2.75, 3.05) is 0 Å². The molecule has 0 N–H and O–H groups in total. The summed E-state index contributed by atoms with van der Waals surface area (Å²) in [5.74, 6) is 3.98. The summed E-state index contributed by atoms with van der Waals surface area (Å²) in [6, 6.07) is 0. The van der Waals surface area contributed by atoms with Crippen LogP contribution in [0.1, 0.15) is 93.4 Å². The van der Waals surface area contributed by atoms with Gasteiger partial charge in [0, 0.05) is 18.8 Å². The summed E-state index contributed by atoms with van der Waals surface area (Å²) in [6.45, 7) is 16.1. The van der Waals surface area contributed by atoms with Crippen molar-refractivity contribution in [2.24, 2.45) is 46.3 Å². The number of carbonyl (C=O) groups is 1. The Morgan fingerprint density at radius 1 is 1.06 bits per heavy atom. The molecular formula is C30H46O3. The van der Waals surface area contributed by atoms with Crippen molar-refractivity contribution < 1.29 is 14.3 Å². The monoisotopic (exact) mass is 454 g/mol. The maximum absolute atomic E-state index is 11.6. The summed E-state index contributed by atoms with van der Waals surface area (Å²) in [6.07, 6.45) is 16.1. The van der Waals surface area contributed by atoms with Gasteiger partial charge in [0.15, 0.2) is 0 Å². The molecule has 0 aromatic heterocycles. The first-order valence-corrected chi connectivity index (χ1v) is 13.8. The van der Waals surface area contributed by atoms with Gasteiger partial charge >= 0.3 is 5.97 Å². The molecule has 33 heavy (non-hydrogen) atoms. The van der Waals surface area contributed by atoms with E-state index in [-0.39, 0.29) is 29.2 Å². The normalized spacial score (nSPS) is 47.8. The average Bonchev–Trinajstić information content (AvgIpc) is 3.32. The predicted molar refractivity (Wildman–Crippen MR) is 133 cm³/mol. The van der Waals surface area contributed by atoms with Crippen LogP contribution in [0.15, 0.2) is 23.8 Å². The molecule has 1 saturated heterocycles. The highest BCUT2D eigenvalue weighted by Gasteiger charge is 2.74. The van der Waals surface area contributed by atoms with E-state index in [1.807, 2.05) is 0 Å². The minimum atomic E-state index is -0.152. The maximum atomic E-state index is 11.6. The van der Waals surface area contributed by atoms with Gasteiger partial charge in [-0.25, -0.2) is 0 Å². The summed E-state index contributed by atoms with van der Waals surface area (Å²) < 4.78 is 12.2. The number of ether oxygens (including phenoxy) is 2. The van der Waals surface area contributed by atoms with E-state index in [2.05, 4.69) is 59.8 Å². The molecule has 0 aromatic rings. The molecule has 1 aliphatic heterocycles. The number of carbonyl (C=O) groups excluding carboxylic acids is 1. The summed E-state index contributed by atoms with van der Waals surface area (Å²) in [4.78, 5) is 11.6. The van der Waals surface area contributed by atoms with Crippen molar-refractivity contribution in [1.29, 1.82) is 0 Å². The fourth-order valence-electron chi connectivity index (χ4n) is 8.84. The molecule has 4 aliphatic carbocycles. The van der Waals surface area contributed by atoms with Crippen molar-refractivity contribution in [1.82, 2.24) is 0 Å². The fraction of sp³-hybridized carbons (Fsp3) is 0.833. The lowest BCUT2D eigenvalue weighted by Gasteiger charge is -2.56. The summed E-state index contributed by atoms with van der Waals surface area (Å²) in [7, 11) is 0. The smallest absolute Gasteiger partial charge is 0.302 e. The zero-order chi connectivity index (χ0) is 23.8. The van der Waals surface area contributed by atoms with Crippen LogP contribution >= 0.6 is 0 Å². The highest BCUT2D eigenvalue weighted by atomic mass is 16.6. The zero-order valence-electron chi connectivity index (χ0n) is 22.0. The number of rotatable bonds is 5. The third kappa shape index (κ3) is 3.50. The summed E-state index contributed by atoms with van der Waals surface area (Å²) >= 11 is 0. The second-order valence-electron chi connectivity index (χ2n) is 13.2. The molecule has 1 heterocycles. The molecule has 4 fully saturated rings. The lowest BCUT2D eigenvalue weighted by Crippen LogP contribution is -2.55. The highest BCUT2D eigenvalue weighted by Crippen LogP contribution is 2.72. The van der Waals surface area contributed by atoms with E-state index >= 15 is 0 Å². The summed E-state index contributed by atoms with van der Waals surface area (Å²) in [5, 5.41) is 0. The van der Waals surface area contributed by atoms with E-state index in [4.69, 9.17) is 9.47 Å². The van der Waals surface area contributed by atoms with Gasteiger partial charge in [-0.15, -0.1) is 0 Å². The van der Waals surface area contributed by atoms with Gasteiger partial charge in [-0.1, -0.05) is 65.3 Å². The molecule has 184 valence electrons. The van der Waals surface area contributed by atoms with Crippen molar-refractivity contribution in [2.45, 2.75) is 111 Å². The topological polar surface area (TPSA) is 38.8 Å². The molecular weight excluding hydrogens is 408 g/mol. The van der Waals surface area contributed by atoms with Crippen LogP contribution in [0, 0.1) is 46.3 Å². The Morgan fingerprint density at radius 3 is 2.52 bits per heavy atom. The van der Waals surface area contributed by atoms with E-state index in [1.54, 1.807) is 5.57 Å². The van der Waals surface area contributed by atoms with Crippen molar-refractivity contribution in [3.05, 3.63) is 23.8 Å². The van der Waals surface area contributed by atoms with Crippen LogP contribution in [0.25, 0.3) is 0 Å². The Morgan fingerprint density at radius 2 is 1.82 bits per heavy atom. The Labute approximate surface area is 201 Å². The predicted octanol–water partition coefficient (Wildman–Crippen LogP) is 7.11. The van der Waals surface area contributed by atoms with Crippen LogP contribution in [0.4, 0.5) is 0 Å². The molecule has 3 heteroatoms.